The van der Waals surface area contributed by atoms with Gasteiger partial charge in [-0.2, -0.15) is 0 Å². The van der Waals surface area contributed by atoms with Crippen molar-refractivity contribution in [1.82, 2.24) is 4.90 Å². The van der Waals surface area contributed by atoms with E-state index in [1.807, 2.05) is 0 Å². The van der Waals surface area contributed by atoms with E-state index in [4.69, 9.17) is 5.73 Å². The molecule has 0 aromatic heterocycles. The van der Waals surface area contributed by atoms with Crippen LogP contribution in [0, 0.1) is 5.92 Å². The first-order chi connectivity index (χ1) is 8.16. The zero-order chi connectivity index (χ0) is 12.3. The van der Waals surface area contributed by atoms with Gasteiger partial charge in [0, 0.05) is 11.6 Å². The van der Waals surface area contributed by atoms with Crippen LogP contribution in [0.5, 0.6) is 0 Å². The van der Waals surface area contributed by atoms with Crippen LogP contribution in [0.25, 0.3) is 0 Å². The topological polar surface area (TPSA) is 29.3 Å². The van der Waals surface area contributed by atoms with Gasteiger partial charge in [-0.05, 0) is 58.5 Å². The van der Waals surface area contributed by atoms with E-state index in [0.717, 1.165) is 18.5 Å². The second kappa shape index (κ2) is 5.71. The normalized spacial score (nSPS) is 31.6. The third kappa shape index (κ3) is 2.85. The van der Waals surface area contributed by atoms with Crippen molar-refractivity contribution < 1.29 is 0 Å². The number of hydrogen-bond acceptors (Lipinski definition) is 2. The van der Waals surface area contributed by atoms with E-state index in [2.05, 4.69) is 18.7 Å². The van der Waals surface area contributed by atoms with Gasteiger partial charge in [0.1, 0.15) is 0 Å². The Morgan fingerprint density at radius 1 is 1.06 bits per heavy atom. The van der Waals surface area contributed by atoms with Crippen molar-refractivity contribution in [2.45, 2.75) is 76.8 Å². The number of nitrogens with two attached hydrogens (primary N) is 1. The summed E-state index contributed by atoms with van der Waals surface area (Å²) in [7, 11) is 0. The zero-order valence-corrected chi connectivity index (χ0v) is 11.8. The van der Waals surface area contributed by atoms with Crippen molar-refractivity contribution >= 4 is 0 Å². The fraction of sp³-hybridized carbons (Fsp3) is 1.00. The second-order valence-corrected chi connectivity index (χ2v) is 6.56. The summed E-state index contributed by atoms with van der Waals surface area (Å²) < 4.78 is 0. The van der Waals surface area contributed by atoms with Gasteiger partial charge in [0.15, 0.2) is 0 Å². The van der Waals surface area contributed by atoms with Crippen molar-refractivity contribution in [1.29, 1.82) is 0 Å². The minimum atomic E-state index is 0.383. The first-order valence-electron chi connectivity index (χ1n) is 7.63. The lowest BCUT2D eigenvalue weighted by Gasteiger charge is -2.41. The Balaban J connectivity index is 2.00. The van der Waals surface area contributed by atoms with Gasteiger partial charge in [-0.3, -0.25) is 4.90 Å². The Morgan fingerprint density at radius 2 is 1.71 bits per heavy atom. The maximum Gasteiger partial charge on any atom is 0.0185 e. The quantitative estimate of drug-likeness (QED) is 0.765. The molecule has 0 bridgehead atoms. The molecule has 2 aliphatic rings. The van der Waals surface area contributed by atoms with Crippen molar-refractivity contribution in [2.24, 2.45) is 11.7 Å². The Bertz CT molecular complexity index is 229. The molecular formula is C15H30N2. The van der Waals surface area contributed by atoms with Crippen LogP contribution in [0.2, 0.25) is 0 Å². The summed E-state index contributed by atoms with van der Waals surface area (Å²) in [5, 5.41) is 0. The Kier molecular flexibility index (Phi) is 4.48. The Hall–Kier alpha value is -0.0800. The minimum Gasteiger partial charge on any atom is -0.330 e. The number of rotatable bonds is 3. The van der Waals surface area contributed by atoms with Crippen LogP contribution in [0.15, 0.2) is 0 Å². The highest BCUT2D eigenvalue weighted by Crippen LogP contribution is 2.40. The highest BCUT2D eigenvalue weighted by Gasteiger charge is 2.43. The van der Waals surface area contributed by atoms with E-state index in [0.29, 0.717) is 5.54 Å². The summed E-state index contributed by atoms with van der Waals surface area (Å²) in [5.41, 5.74) is 6.14. The van der Waals surface area contributed by atoms with Crippen LogP contribution in [-0.4, -0.2) is 29.6 Å². The molecule has 1 saturated carbocycles. The predicted molar refractivity (Wildman–Crippen MR) is 74.1 cm³/mol. The smallest absolute Gasteiger partial charge is 0.0185 e. The average Bonchev–Trinajstić information content (AvgIpc) is 2.51. The molecule has 2 N–H and O–H groups in total. The van der Waals surface area contributed by atoms with E-state index in [1.54, 1.807) is 0 Å². The maximum atomic E-state index is 5.76. The summed E-state index contributed by atoms with van der Waals surface area (Å²) >= 11 is 0. The van der Waals surface area contributed by atoms with Gasteiger partial charge < -0.3 is 5.73 Å². The monoisotopic (exact) mass is 238 g/mol. The van der Waals surface area contributed by atoms with Crippen LogP contribution in [0.4, 0.5) is 0 Å². The van der Waals surface area contributed by atoms with Crippen LogP contribution in [0.3, 0.4) is 0 Å². The summed E-state index contributed by atoms with van der Waals surface area (Å²) in [6.45, 7) is 7.06. The molecule has 1 unspecified atom stereocenters. The molecule has 2 fully saturated rings. The predicted octanol–water partition coefficient (Wildman–Crippen LogP) is 3.16. The molecule has 1 aliphatic heterocycles. The Morgan fingerprint density at radius 3 is 2.29 bits per heavy atom. The maximum absolute atomic E-state index is 5.76. The van der Waals surface area contributed by atoms with Gasteiger partial charge in [-0.25, -0.2) is 0 Å². The summed E-state index contributed by atoms with van der Waals surface area (Å²) in [4.78, 5) is 2.82. The lowest BCUT2D eigenvalue weighted by Crippen LogP contribution is -2.48. The fourth-order valence-electron chi connectivity index (χ4n) is 4.09. The SMILES string of the molecule is CC1(C)C(CCN)CCN1C1CCCCCC1. The third-order valence-electron chi connectivity index (χ3n) is 5.24. The summed E-state index contributed by atoms with van der Waals surface area (Å²) in [6.07, 6.45) is 11.2. The molecule has 2 rings (SSSR count). The number of hydrogen-bond donors (Lipinski definition) is 1. The molecule has 1 atom stereocenters. The molecule has 1 saturated heterocycles. The van der Waals surface area contributed by atoms with Gasteiger partial charge in [0.05, 0.1) is 0 Å². The highest BCUT2D eigenvalue weighted by molar-refractivity contribution is 4.98. The van der Waals surface area contributed by atoms with Crippen LogP contribution in [-0.2, 0) is 0 Å². The molecule has 100 valence electrons. The van der Waals surface area contributed by atoms with Crippen LogP contribution in [0.1, 0.15) is 65.2 Å². The molecule has 0 aromatic rings. The van der Waals surface area contributed by atoms with Crippen LogP contribution >= 0.6 is 0 Å². The fourth-order valence-corrected chi connectivity index (χ4v) is 4.09. The van der Waals surface area contributed by atoms with E-state index < -0.39 is 0 Å². The van der Waals surface area contributed by atoms with Gasteiger partial charge in [-0.15, -0.1) is 0 Å². The first kappa shape index (κ1) is 13.4. The average molecular weight is 238 g/mol. The largest absolute Gasteiger partial charge is 0.330 e. The molecule has 1 heterocycles. The summed E-state index contributed by atoms with van der Waals surface area (Å²) in [6, 6.07) is 0.857. The number of nitrogens with zero attached hydrogens (tertiary/aromatic N) is 1. The molecule has 2 nitrogen and oxygen atoms in total. The molecule has 0 radical (unpaired) electrons. The van der Waals surface area contributed by atoms with Crippen molar-refractivity contribution in [3.63, 3.8) is 0 Å². The van der Waals surface area contributed by atoms with Crippen molar-refractivity contribution in [2.75, 3.05) is 13.1 Å². The number of likely N-dealkylation sites (tertiary alicyclic amines) is 1. The lowest BCUT2D eigenvalue weighted by atomic mass is 9.85. The second-order valence-electron chi connectivity index (χ2n) is 6.56. The minimum absolute atomic E-state index is 0.383. The van der Waals surface area contributed by atoms with E-state index in [9.17, 15) is 0 Å². The van der Waals surface area contributed by atoms with Gasteiger partial charge in [-0.1, -0.05) is 25.7 Å². The zero-order valence-electron chi connectivity index (χ0n) is 11.8. The third-order valence-corrected chi connectivity index (χ3v) is 5.24. The molecule has 2 heteroatoms. The molecule has 17 heavy (non-hydrogen) atoms. The molecule has 0 amide bonds. The summed E-state index contributed by atoms with van der Waals surface area (Å²) in [5.74, 6) is 0.816. The van der Waals surface area contributed by atoms with E-state index in [1.165, 1.54) is 57.9 Å². The first-order valence-corrected chi connectivity index (χ1v) is 7.63. The van der Waals surface area contributed by atoms with Crippen LogP contribution < -0.4 is 5.73 Å². The van der Waals surface area contributed by atoms with Gasteiger partial charge in [0.25, 0.3) is 0 Å². The highest BCUT2D eigenvalue weighted by atomic mass is 15.2. The van der Waals surface area contributed by atoms with Gasteiger partial charge >= 0.3 is 0 Å². The van der Waals surface area contributed by atoms with Crippen molar-refractivity contribution in [3.05, 3.63) is 0 Å². The standard InChI is InChI=1S/C15H30N2/c1-15(2)13(9-11-16)10-12-17(15)14-7-5-3-4-6-8-14/h13-14H,3-12,16H2,1-2H3. The molecular weight excluding hydrogens is 208 g/mol. The van der Waals surface area contributed by atoms with Crippen molar-refractivity contribution in [3.8, 4) is 0 Å². The molecule has 0 aromatic carbocycles. The molecule has 0 spiro atoms. The van der Waals surface area contributed by atoms with E-state index in [-0.39, 0.29) is 0 Å². The van der Waals surface area contributed by atoms with E-state index >= 15 is 0 Å². The molecule has 1 aliphatic carbocycles. The Labute approximate surface area is 107 Å². The van der Waals surface area contributed by atoms with Gasteiger partial charge in [0.2, 0.25) is 0 Å². The lowest BCUT2D eigenvalue weighted by molar-refractivity contribution is 0.0778.